The molecule has 0 radical (unpaired) electrons. The van der Waals surface area contributed by atoms with Crippen molar-refractivity contribution in [1.29, 1.82) is 0 Å². The highest BCUT2D eigenvalue weighted by molar-refractivity contribution is 7.99. The lowest BCUT2D eigenvalue weighted by Gasteiger charge is -2.07. The van der Waals surface area contributed by atoms with E-state index in [1.807, 2.05) is 0 Å². The molecule has 2 rings (SSSR count). The maximum absolute atomic E-state index is 11.4. The van der Waals surface area contributed by atoms with Gasteiger partial charge in [-0.3, -0.25) is 0 Å². The second-order valence-corrected chi connectivity index (χ2v) is 5.32. The van der Waals surface area contributed by atoms with E-state index in [2.05, 4.69) is 4.74 Å². The molecule has 108 valence electrons. The zero-order chi connectivity index (χ0) is 15.4. The predicted molar refractivity (Wildman–Crippen MR) is 79.7 cm³/mol. The zero-order valence-electron chi connectivity index (χ0n) is 11.2. The van der Waals surface area contributed by atoms with Gasteiger partial charge in [-0.25, -0.2) is 9.59 Å². The van der Waals surface area contributed by atoms with Crippen molar-refractivity contribution in [3.05, 3.63) is 53.6 Å². The number of anilines is 1. The number of carboxylic acids is 1. The van der Waals surface area contributed by atoms with Crippen LogP contribution in [0.25, 0.3) is 0 Å². The van der Waals surface area contributed by atoms with Crippen LogP contribution < -0.4 is 5.73 Å². The topological polar surface area (TPSA) is 89.6 Å². The summed E-state index contributed by atoms with van der Waals surface area (Å²) in [5.41, 5.74) is 6.72. The molecule has 0 saturated heterocycles. The Balaban J connectivity index is 2.18. The molecule has 0 bridgehead atoms. The summed E-state index contributed by atoms with van der Waals surface area (Å²) in [5.74, 6) is -1.44. The van der Waals surface area contributed by atoms with Gasteiger partial charge in [0.15, 0.2) is 0 Å². The fourth-order valence-electron chi connectivity index (χ4n) is 1.70. The van der Waals surface area contributed by atoms with Gasteiger partial charge in [0.25, 0.3) is 0 Å². The van der Waals surface area contributed by atoms with Gasteiger partial charge in [-0.2, -0.15) is 0 Å². The first-order valence-electron chi connectivity index (χ1n) is 6.00. The molecule has 0 atom stereocenters. The molecule has 2 aromatic rings. The highest BCUT2D eigenvalue weighted by Gasteiger charge is 2.10. The summed E-state index contributed by atoms with van der Waals surface area (Å²) in [5, 5.41) is 8.84. The van der Waals surface area contributed by atoms with Crippen molar-refractivity contribution in [2.45, 2.75) is 9.79 Å². The number of carbonyl (C=O) groups excluding carboxylic acids is 1. The van der Waals surface area contributed by atoms with Crippen LogP contribution in [-0.4, -0.2) is 24.2 Å². The molecule has 0 aliphatic carbocycles. The third kappa shape index (κ3) is 3.55. The Bertz CT molecular complexity index is 683. The fourth-order valence-corrected chi connectivity index (χ4v) is 2.57. The van der Waals surface area contributed by atoms with Crippen LogP contribution in [0.4, 0.5) is 5.69 Å². The van der Waals surface area contributed by atoms with Crippen LogP contribution >= 0.6 is 11.8 Å². The summed E-state index contributed by atoms with van der Waals surface area (Å²) in [6, 6.07) is 11.6. The fraction of sp³-hybridized carbons (Fsp3) is 0.0667. The molecule has 0 aliphatic rings. The van der Waals surface area contributed by atoms with E-state index >= 15 is 0 Å². The number of carboxylic acid groups (broad SMARTS) is 1. The molecule has 6 heteroatoms. The molecule has 5 nitrogen and oxygen atoms in total. The number of hydrogen-bond donors (Lipinski definition) is 2. The molecule has 0 spiro atoms. The molecule has 21 heavy (non-hydrogen) atoms. The van der Waals surface area contributed by atoms with E-state index < -0.39 is 11.9 Å². The second kappa shape index (κ2) is 6.32. The van der Waals surface area contributed by atoms with Crippen molar-refractivity contribution < 1.29 is 19.4 Å². The van der Waals surface area contributed by atoms with Gasteiger partial charge in [-0.15, -0.1) is 0 Å². The summed E-state index contributed by atoms with van der Waals surface area (Å²) < 4.78 is 4.63. The van der Waals surface area contributed by atoms with Gasteiger partial charge in [0.05, 0.1) is 18.2 Å². The quantitative estimate of drug-likeness (QED) is 0.667. The number of benzene rings is 2. The summed E-state index contributed by atoms with van der Waals surface area (Å²) in [6.45, 7) is 0. The molecule has 0 heterocycles. The molecule has 0 aromatic heterocycles. The monoisotopic (exact) mass is 303 g/mol. The van der Waals surface area contributed by atoms with Crippen LogP contribution in [0.2, 0.25) is 0 Å². The van der Waals surface area contributed by atoms with Crippen molar-refractivity contribution in [3.63, 3.8) is 0 Å². The number of rotatable bonds is 4. The van der Waals surface area contributed by atoms with Crippen LogP contribution in [0.3, 0.4) is 0 Å². The van der Waals surface area contributed by atoms with E-state index in [0.717, 1.165) is 9.79 Å². The SMILES string of the molecule is COC(=O)c1ccc(Sc2ccc(C(=O)O)cc2)cc1N. The molecule has 0 fully saturated rings. The molecule has 0 aliphatic heterocycles. The first-order valence-corrected chi connectivity index (χ1v) is 6.82. The number of carbonyl (C=O) groups is 2. The van der Waals surface area contributed by atoms with Crippen molar-refractivity contribution in [2.24, 2.45) is 0 Å². The number of ether oxygens (including phenoxy) is 1. The molecule has 2 aromatic carbocycles. The average molecular weight is 303 g/mol. The minimum atomic E-state index is -0.960. The Hall–Kier alpha value is -2.47. The predicted octanol–water partition coefficient (Wildman–Crippen LogP) is 2.90. The third-order valence-electron chi connectivity index (χ3n) is 2.77. The summed E-state index contributed by atoms with van der Waals surface area (Å²) in [6.07, 6.45) is 0. The number of esters is 1. The van der Waals surface area contributed by atoms with E-state index in [9.17, 15) is 9.59 Å². The molecule has 3 N–H and O–H groups in total. The van der Waals surface area contributed by atoms with Gasteiger partial charge < -0.3 is 15.6 Å². The van der Waals surface area contributed by atoms with Crippen molar-refractivity contribution >= 4 is 29.4 Å². The standard InChI is InChI=1S/C15H13NO4S/c1-20-15(19)12-7-6-11(8-13(12)16)21-10-4-2-9(3-5-10)14(17)18/h2-8H,16H2,1H3,(H,17,18). The van der Waals surface area contributed by atoms with Crippen molar-refractivity contribution in [1.82, 2.24) is 0 Å². The van der Waals surface area contributed by atoms with E-state index in [-0.39, 0.29) is 5.56 Å². The lowest BCUT2D eigenvalue weighted by atomic mass is 10.2. The minimum Gasteiger partial charge on any atom is -0.478 e. The van der Waals surface area contributed by atoms with Gasteiger partial charge in [-0.05, 0) is 42.5 Å². The Morgan fingerprint density at radius 3 is 2.24 bits per heavy atom. The van der Waals surface area contributed by atoms with Crippen LogP contribution in [0.5, 0.6) is 0 Å². The van der Waals surface area contributed by atoms with E-state index in [0.29, 0.717) is 11.3 Å². The number of nitrogens with two attached hydrogens (primary N) is 1. The van der Waals surface area contributed by atoms with Crippen LogP contribution in [0.15, 0.2) is 52.3 Å². The average Bonchev–Trinajstić information content (AvgIpc) is 2.47. The largest absolute Gasteiger partial charge is 0.478 e. The Morgan fingerprint density at radius 2 is 1.71 bits per heavy atom. The Morgan fingerprint density at radius 1 is 1.10 bits per heavy atom. The maximum Gasteiger partial charge on any atom is 0.339 e. The minimum absolute atomic E-state index is 0.236. The highest BCUT2D eigenvalue weighted by Crippen LogP contribution is 2.30. The Kier molecular flexibility index (Phi) is 4.49. The molecule has 0 amide bonds. The van der Waals surface area contributed by atoms with Gasteiger partial charge in [0.2, 0.25) is 0 Å². The molecule has 0 saturated carbocycles. The third-order valence-corrected chi connectivity index (χ3v) is 3.76. The summed E-state index contributed by atoms with van der Waals surface area (Å²) >= 11 is 1.43. The highest BCUT2D eigenvalue weighted by atomic mass is 32.2. The van der Waals surface area contributed by atoms with Crippen LogP contribution in [0, 0.1) is 0 Å². The van der Waals surface area contributed by atoms with Gasteiger partial charge in [0, 0.05) is 15.5 Å². The van der Waals surface area contributed by atoms with Crippen molar-refractivity contribution in [3.8, 4) is 0 Å². The summed E-state index contributed by atoms with van der Waals surface area (Å²) in [7, 11) is 1.30. The van der Waals surface area contributed by atoms with Gasteiger partial charge >= 0.3 is 11.9 Å². The summed E-state index contributed by atoms with van der Waals surface area (Å²) in [4.78, 5) is 23.9. The van der Waals surface area contributed by atoms with E-state index in [4.69, 9.17) is 10.8 Å². The number of nitrogen functional groups attached to an aromatic ring is 1. The van der Waals surface area contributed by atoms with E-state index in [1.54, 1.807) is 30.3 Å². The first-order chi connectivity index (χ1) is 10.0. The van der Waals surface area contributed by atoms with Crippen LogP contribution in [-0.2, 0) is 4.74 Å². The maximum atomic E-state index is 11.4. The lowest BCUT2D eigenvalue weighted by Crippen LogP contribution is -2.05. The second-order valence-electron chi connectivity index (χ2n) is 4.17. The van der Waals surface area contributed by atoms with Crippen molar-refractivity contribution in [2.75, 3.05) is 12.8 Å². The van der Waals surface area contributed by atoms with Crippen LogP contribution in [0.1, 0.15) is 20.7 Å². The number of aromatic carboxylic acids is 1. The van der Waals surface area contributed by atoms with Gasteiger partial charge in [-0.1, -0.05) is 11.8 Å². The molecular weight excluding hydrogens is 290 g/mol. The first kappa shape index (κ1) is 14.9. The zero-order valence-corrected chi connectivity index (χ0v) is 12.0. The number of methoxy groups -OCH3 is 1. The smallest absolute Gasteiger partial charge is 0.339 e. The molecular formula is C15H13NO4S. The lowest BCUT2D eigenvalue weighted by molar-refractivity contribution is 0.0601. The normalized spacial score (nSPS) is 10.1. The molecule has 0 unspecified atom stereocenters. The van der Waals surface area contributed by atoms with E-state index in [1.165, 1.54) is 31.0 Å². The Labute approximate surface area is 125 Å². The number of hydrogen-bond acceptors (Lipinski definition) is 5. The van der Waals surface area contributed by atoms with Gasteiger partial charge in [0.1, 0.15) is 0 Å².